The van der Waals surface area contributed by atoms with Gasteiger partial charge in [-0.15, -0.1) is 0 Å². The van der Waals surface area contributed by atoms with Gasteiger partial charge in [-0.2, -0.15) is 0 Å². The molecule has 0 aliphatic carbocycles. The van der Waals surface area contributed by atoms with Gasteiger partial charge in [0.1, 0.15) is 18.0 Å². The van der Waals surface area contributed by atoms with Gasteiger partial charge in [0, 0.05) is 0 Å². The Bertz CT molecular complexity index is 648. The molecule has 0 amide bonds. The fourth-order valence-electron chi connectivity index (χ4n) is 2.72. The zero-order valence-electron chi connectivity index (χ0n) is 17.3. The van der Waals surface area contributed by atoms with E-state index < -0.39 is 14.4 Å². The first kappa shape index (κ1) is 21.7. The van der Waals surface area contributed by atoms with Crippen LogP contribution in [0.4, 0.5) is 0 Å². The highest BCUT2D eigenvalue weighted by Gasteiger charge is 2.45. The molecule has 1 aliphatic rings. The van der Waals surface area contributed by atoms with Crippen LogP contribution < -0.4 is 4.74 Å². The van der Waals surface area contributed by atoms with E-state index >= 15 is 0 Å². The molecule has 0 radical (unpaired) electrons. The average Bonchev–Trinajstić information content (AvgIpc) is 2.59. The van der Waals surface area contributed by atoms with Gasteiger partial charge in [0.05, 0.1) is 26.2 Å². The van der Waals surface area contributed by atoms with E-state index in [1.54, 1.807) is 13.2 Å². The van der Waals surface area contributed by atoms with E-state index in [0.29, 0.717) is 6.61 Å². The maximum atomic E-state index is 12.1. The van der Waals surface area contributed by atoms with Crippen molar-refractivity contribution in [1.82, 2.24) is 0 Å². The van der Waals surface area contributed by atoms with Crippen molar-refractivity contribution in [3.63, 3.8) is 0 Å². The Morgan fingerprint density at radius 1 is 1.26 bits per heavy atom. The smallest absolute Gasteiger partial charge is 0.309 e. The van der Waals surface area contributed by atoms with Crippen molar-refractivity contribution in [2.45, 2.75) is 70.2 Å². The van der Waals surface area contributed by atoms with Crippen molar-refractivity contribution in [3.05, 3.63) is 42.5 Å². The maximum absolute atomic E-state index is 12.1. The second-order valence-electron chi connectivity index (χ2n) is 8.43. The van der Waals surface area contributed by atoms with E-state index in [-0.39, 0.29) is 29.6 Å². The second kappa shape index (κ2) is 8.58. The number of rotatable bonds is 7. The van der Waals surface area contributed by atoms with Crippen LogP contribution in [0.15, 0.2) is 36.9 Å². The summed E-state index contributed by atoms with van der Waals surface area (Å²) in [6.07, 6.45) is 0.589. The van der Waals surface area contributed by atoms with E-state index in [9.17, 15) is 4.79 Å². The van der Waals surface area contributed by atoms with Crippen LogP contribution in [-0.4, -0.2) is 39.7 Å². The minimum absolute atomic E-state index is 0.0402. The van der Waals surface area contributed by atoms with Gasteiger partial charge in [0.2, 0.25) is 0 Å². The Kier molecular flexibility index (Phi) is 6.89. The van der Waals surface area contributed by atoms with Crippen molar-refractivity contribution in [2.75, 3.05) is 7.11 Å². The van der Waals surface area contributed by atoms with Gasteiger partial charge in [-0.25, -0.2) is 0 Å². The fraction of sp³-hybridized carbons (Fsp3) is 0.571. The van der Waals surface area contributed by atoms with Crippen LogP contribution in [-0.2, 0) is 25.3 Å². The highest BCUT2D eigenvalue weighted by Crippen LogP contribution is 2.39. The molecular formula is C21H32O5Si. The second-order valence-corrected chi connectivity index (χ2v) is 13.2. The zero-order valence-corrected chi connectivity index (χ0v) is 18.3. The Balaban J connectivity index is 2.15. The Morgan fingerprint density at radius 2 is 1.89 bits per heavy atom. The first-order valence-electron chi connectivity index (χ1n) is 9.32. The molecule has 150 valence electrons. The lowest BCUT2D eigenvalue weighted by atomic mass is 10.0. The molecule has 2 rings (SSSR count). The van der Waals surface area contributed by atoms with Gasteiger partial charge in [-0.05, 0) is 41.9 Å². The molecule has 0 aromatic heterocycles. The Labute approximate surface area is 163 Å². The zero-order chi connectivity index (χ0) is 20.2. The summed E-state index contributed by atoms with van der Waals surface area (Å²) in [7, 11) is -0.427. The summed E-state index contributed by atoms with van der Waals surface area (Å²) < 4.78 is 23.3. The van der Waals surface area contributed by atoms with Crippen molar-refractivity contribution >= 4 is 14.3 Å². The molecule has 0 saturated carbocycles. The number of cyclic esters (lactones) is 1. The van der Waals surface area contributed by atoms with E-state index in [1.807, 2.05) is 24.3 Å². The van der Waals surface area contributed by atoms with Gasteiger partial charge in [-0.3, -0.25) is 4.79 Å². The number of esters is 1. The fourth-order valence-corrected chi connectivity index (χ4v) is 4.05. The lowest BCUT2D eigenvalue weighted by Gasteiger charge is -2.43. The third-order valence-electron chi connectivity index (χ3n) is 5.41. The third-order valence-corrected chi connectivity index (χ3v) is 9.92. The molecular weight excluding hydrogens is 360 g/mol. The summed E-state index contributed by atoms with van der Waals surface area (Å²) >= 11 is 0. The standard InChI is InChI=1S/C21H32O5Si/c1-8-17-20(24-14-15-9-11-16(23-5)12-10-15)18(13-19(22)25-17)26-27(6,7)21(2,3)4/h8-12,17-18,20H,1,13-14H2,2-7H3/t17-,18-,20-/m1/s1. The largest absolute Gasteiger partial charge is 0.497 e. The van der Waals surface area contributed by atoms with Crippen LogP contribution in [0.25, 0.3) is 0 Å². The lowest BCUT2D eigenvalue weighted by molar-refractivity contribution is -0.179. The average molecular weight is 393 g/mol. The SMILES string of the molecule is C=C[C@H]1OC(=O)C[C@@H](O[Si](C)(C)C(C)(C)C)[C@@H]1OCc1ccc(OC)cc1. The number of hydrogen-bond acceptors (Lipinski definition) is 5. The summed E-state index contributed by atoms with van der Waals surface area (Å²) in [6.45, 7) is 15.1. The van der Waals surface area contributed by atoms with Crippen molar-refractivity contribution in [3.8, 4) is 5.75 Å². The van der Waals surface area contributed by atoms with Crippen LogP contribution in [0.3, 0.4) is 0 Å². The summed E-state index contributed by atoms with van der Waals surface area (Å²) in [6, 6.07) is 7.71. The van der Waals surface area contributed by atoms with Gasteiger partial charge < -0.3 is 18.6 Å². The van der Waals surface area contributed by atoms with Crippen LogP contribution in [0.2, 0.25) is 18.1 Å². The summed E-state index contributed by atoms with van der Waals surface area (Å²) in [4.78, 5) is 12.1. The van der Waals surface area contributed by atoms with Gasteiger partial charge in [0.15, 0.2) is 8.32 Å². The van der Waals surface area contributed by atoms with E-state index in [2.05, 4.69) is 40.4 Å². The van der Waals surface area contributed by atoms with Gasteiger partial charge in [-0.1, -0.05) is 39.5 Å². The summed E-state index contributed by atoms with van der Waals surface area (Å²) in [5, 5.41) is 0.0402. The van der Waals surface area contributed by atoms with E-state index in [4.69, 9.17) is 18.6 Å². The molecule has 1 aliphatic heterocycles. The third kappa shape index (κ3) is 5.43. The molecule has 1 fully saturated rings. The number of methoxy groups -OCH3 is 1. The quantitative estimate of drug-likeness (QED) is 0.389. The predicted octanol–water partition coefficient (Wildman–Crippen LogP) is 4.47. The normalized spacial score (nSPS) is 23.6. The van der Waals surface area contributed by atoms with Gasteiger partial charge >= 0.3 is 5.97 Å². The Morgan fingerprint density at radius 3 is 2.41 bits per heavy atom. The molecule has 0 unspecified atom stereocenters. The number of benzene rings is 1. The Hall–Kier alpha value is -1.63. The summed E-state index contributed by atoms with van der Waals surface area (Å²) in [5.74, 6) is 0.529. The molecule has 27 heavy (non-hydrogen) atoms. The molecule has 1 aromatic rings. The molecule has 5 nitrogen and oxygen atoms in total. The summed E-state index contributed by atoms with van der Waals surface area (Å²) in [5.41, 5.74) is 1.02. The maximum Gasteiger partial charge on any atom is 0.309 e. The van der Waals surface area contributed by atoms with Crippen LogP contribution in [0.1, 0.15) is 32.8 Å². The number of hydrogen-bond donors (Lipinski definition) is 0. The molecule has 0 N–H and O–H groups in total. The first-order valence-corrected chi connectivity index (χ1v) is 12.2. The van der Waals surface area contributed by atoms with Crippen LogP contribution in [0, 0.1) is 0 Å². The van der Waals surface area contributed by atoms with E-state index in [1.165, 1.54) is 0 Å². The molecule has 6 heteroatoms. The highest BCUT2D eigenvalue weighted by atomic mass is 28.4. The molecule has 0 bridgehead atoms. The predicted molar refractivity (Wildman–Crippen MR) is 108 cm³/mol. The molecule has 1 heterocycles. The number of carbonyl (C=O) groups excluding carboxylic acids is 1. The van der Waals surface area contributed by atoms with Crippen molar-refractivity contribution in [2.24, 2.45) is 0 Å². The van der Waals surface area contributed by atoms with Crippen molar-refractivity contribution < 1.29 is 23.4 Å². The van der Waals surface area contributed by atoms with Crippen LogP contribution >= 0.6 is 0 Å². The first-order chi connectivity index (χ1) is 12.6. The topological polar surface area (TPSA) is 54.0 Å². The monoisotopic (exact) mass is 392 g/mol. The van der Waals surface area contributed by atoms with Crippen molar-refractivity contribution in [1.29, 1.82) is 0 Å². The molecule has 1 aromatic carbocycles. The molecule has 0 spiro atoms. The highest BCUT2D eigenvalue weighted by molar-refractivity contribution is 6.74. The minimum atomic E-state index is -2.07. The number of ether oxygens (including phenoxy) is 3. The van der Waals surface area contributed by atoms with E-state index in [0.717, 1.165) is 11.3 Å². The molecule has 1 saturated heterocycles. The van der Waals surface area contributed by atoms with Crippen LogP contribution in [0.5, 0.6) is 5.75 Å². The number of carbonyl (C=O) groups is 1. The molecule has 3 atom stereocenters. The minimum Gasteiger partial charge on any atom is -0.497 e. The lowest BCUT2D eigenvalue weighted by Crippen LogP contribution is -2.54. The van der Waals surface area contributed by atoms with Gasteiger partial charge in [0.25, 0.3) is 0 Å².